The number of aromatic carboxylic acids is 1. The molecule has 2 aromatic carbocycles. The van der Waals surface area contributed by atoms with E-state index in [1.165, 1.54) is 24.5 Å². The van der Waals surface area contributed by atoms with Crippen LogP contribution in [0.2, 0.25) is 0 Å². The highest BCUT2D eigenvalue weighted by molar-refractivity contribution is 14.1. The van der Waals surface area contributed by atoms with E-state index in [4.69, 9.17) is 14.3 Å². The number of hydrogen-bond donors (Lipinski definition) is 2. The summed E-state index contributed by atoms with van der Waals surface area (Å²) in [6, 6.07) is 14.0. The summed E-state index contributed by atoms with van der Waals surface area (Å²) in [6.07, 6.45) is 2.84. The van der Waals surface area contributed by atoms with Crippen molar-refractivity contribution in [1.29, 1.82) is 0 Å². The van der Waals surface area contributed by atoms with Gasteiger partial charge in [0, 0.05) is 0 Å². The average molecular weight is 572 g/mol. The largest absolute Gasteiger partial charge is 0.488 e. The van der Waals surface area contributed by atoms with Crippen LogP contribution in [0.15, 0.2) is 70.9 Å². The molecule has 1 fully saturated rings. The Morgan fingerprint density at radius 3 is 2.53 bits per heavy atom. The molecule has 2 heterocycles. The monoisotopic (exact) mass is 572 g/mol. The lowest BCUT2D eigenvalue weighted by Crippen LogP contribution is -2.53. The maximum absolute atomic E-state index is 12.8. The zero-order valence-corrected chi connectivity index (χ0v) is 19.6. The molecule has 34 heavy (non-hydrogen) atoms. The first-order valence-electron chi connectivity index (χ1n) is 9.97. The number of imide groups is 2. The van der Waals surface area contributed by atoms with Gasteiger partial charge in [-0.15, -0.1) is 0 Å². The van der Waals surface area contributed by atoms with Crippen molar-refractivity contribution in [3.8, 4) is 5.75 Å². The van der Waals surface area contributed by atoms with Crippen molar-refractivity contribution in [2.75, 3.05) is 0 Å². The Hall–Kier alpha value is -3.93. The Balaban J connectivity index is 1.48. The number of carbonyl (C=O) groups excluding carboxylic acids is 3. The van der Waals surface area contributed by atoms with Crippen LogP contribution in [0.25, 0.3) is 6.08 Å². The highest BCUT2D eigenvalue weighted by Gasteiger charge is 2.36. The second kappa shape index (κ2) is 9.91. The van der Waals surface area contributed by atoms with Crippen molar-refractivity contribution < 1.29 is 33.4 Å². The Kier molecular flexibility index (Phi) is 6.77. The molecule has 0 bridgehead atoms. The standard InChI is InChI=1S/C24H17IN2O7/c25-19-11-15(5-8-20(19)34-13-14-3-6-16(7-4-14)23(30)31)10-18-21(28)26-24(32)27(22(18)29)12-17-2-1-9-33-17/h1-11H,12-13H2,(H,30,31)(H,26,28,32)/b18-10+. The highest BCUT2D eigenvalue weighted by atomic mass is 127. The molecule has 4 rings (SSSR count). The molecule has 2 N–H and O–H groups in total. The second-order valence-corrected chi connectivity index (χ2v) is 8.43. The quantitative estimate of drug-likeness (QED) is 0.251. The molecule has 0 radical (unpaired) electrons. The Labute approximate surface area is 207 Å². The van der Waals surface area contributed by atoms with Crippen molar-refractivity contribution in [3.63, 3.8) is 0 Å². The lowest BCUT2D eigenvalue weighted by atomic mass is 10.1. The number of carboxylic acid groups (broad SMARTS) is 1. The molecular formula is C24H17IN2O7. The highest BCUT2D eigenvalue weighted by Crippen LogP contribution is 2.25. The Morgan fingerprint density at radius 2 is 1.88 bits per heavy atom. The normalized spacial score (nSPS) is 14.9. The molecule has 172 valence electrons. The first-order valence-corrected chi connectivity index (χ1v) is 11.1. The van der Waals surface area contributed by atoms with E-state index in [1.54, 1.807) is 42.5 Å². The fourth-order valence-electron chi connectivity index (χ4n) is 3.19. The third kappa shape index (κ3) is 5.17. The number of nitrogens with one attached hydrogen (secondary N) is 1. The number of ether oxygens (including phenoxy) is 1. The third-order valence-electron chi connectivity index (χ3n) is 4.94. The van der Waals surface area contributed by atoms with Gasteiger partial charge in [0.15, 0.2) is 0 Å². The number of halogens is 1. The van der Waals surface area contributed by atoms with Crippen molar-refractivity contribution >= 4 is 52.5 Å². The van der Waals surface area contributed by atoms with Crippen LogP contribution < -0.4 is 10.1 Å². The van der Waals surface area contributed by atoms with E-state index >= 15 is 0 Å². The van der Waals surface area contributed by atoms with Crippen LogP contribution >= 0.6 is 22.6 Å². The van der Waals surface area contributed by atoms with Crippen molar-refractivity contribution in [1.82, 2.24) is 10.2 Å². The van der Waals surface area contributed by atoms with Gasteiger partial charge in [-0.3, -0.25) is 19.8 Å². The van der Waals surface area contributed by atoms with Crippen LogP contribution in [0.3, 0.4) is 0 Å². The van der Waals surface area contributed by atoms with E-state index in [2.05, 4.69) is 27.9 Å². The van der Waals surface area contributed by atoms with Crippen LogP contribution in [0.4, 0.5) is 4.79 Å². The molecule has 3 aromatic rings. The number of benzene rings is 2. The molecule has 1 aliphatic heterocycles. The minimum Gasteiger partial charge on any atom is -0.488 e. The van der Waals surface area contributed by atoms with Gasteiger partial charge >= 0.3 is 12.0 Å². The van der Waals surface area contributed by atoms with Crippen LogP contribution in [-0.2, 0) is 22.7 Å². The number of rotatable bonds is 7. The molecule has 0 aliphatic carbocycles. The molecule has 0 unspecified atom stereocenters. The van der Waals surface area contributed by atoms with E-state index in [1.807, 2.05) is 0 Å². The lowest BCUT2D eigenvalue weighted by molar-refractivity contribution is -0.130. The summed E-state index contributed by atoms with van der Waals surface area (Å²) in [6.45, 7) is 0.140. The summed E-state index contributed by atoms with van der Waals surface area (Å²) in [5.74, 6) is -1.49. The number of urea groups is 1. The number of hydrogen-bond acceptors (Lipinski definition) is 6. The van der Waals surface area contributed by atoms with Gasteiger partial charge in [-0.25, -0.2) is 9.59 Å². The maximum atomic E-state index is 12.8. The Bertz CT molecular complexity index is 1300. The van der Waals surface area contributed by atoms with E-state index in [0.717, 1.165) is 14.0 Å². The van der Waals surface area contributed by atoms with Crippen LogP contribution in [0.1, 0.15) is 27.2 Å². The van der Waals surface area contributed by atoms with Gasteiger partial charge in [-0.05, 0) is 76.2 Å². The maximum Gasteiger partial charge on any atom is 0.335 e. The third-order valence-corrected chi connectivity index (χ3v) is 5.79. The van der Waals surface area contributed by atoms with Gasteiger partial charge < -0.3 is 14.3 Å². The molecule has 1 aliphatic rings. The zero-order valence-electron chi connectivity index (χ0n) is 17.5. The predicted octanol–water partition coefficient (Wildman–Crippen LogP) is 3.82. The summed E-state index contributed by atoms with van der Waals surface area (Å²) < 4.78 is 11.7. The number of nitrogens with zero attached hydrogens (tertiary/aromatic N) is 1. The first-order chi connectivity index (χ1) is 16.3. The van der Waals surface area contributed by atoms with E-state index < -0.39 is 23.8 Å². The van der Waals surface area contributed by atoms with Crippen molar-refractivity contribution in [2.24, 2.45) is 0 Å². The summed E-state index contributed by atoms with van der Waals surface area (Å²) in [5.41, 5.74) is 1.40. The number of carboxylic acids is 1. The fourth-order valence-corrected chi connectivity index (χ4v) is 3.89. The smallest absolute Gasteiger partial charge is 0.335 e. The predicted molar refractivity (Wildman–Crippen MR) is 128 cm³/mol. The molecule has 0 atom stereocenters. The first kappa shape index (κ1) is 23.2. The van der Waals surface area contributed by atoms with Gasteiger partial charge in [0.25, 0.3) is 11.8 Å². The number of carbonyl (C=O) groups is 4. The van der Waals surface area contributed by atoms with E-state index in [9.17, 15) is 19.2 Å². The van der Waals surface area contributed by atoms with Gasteiger partial charge in [-0.2, -0.15) is 0 Å². The average Bonchev–Trinajstić information content (AvgIpc) is 3.32. The summed E-state index contributed by atoms with van der Waals surface area (Å²) in [4.78, 5) is 49.1. The topological polar surface area (TPSA) is 126 Å². The number of furan rings is 1. The molecule has 9 nitrogen and oxygen atoms in total. The number of barbiturate groups is 1. The van der Waals surface area contributed by atoms with Crippen molar-refractivity contribution in [3.05, 3.63) is 92.5 Å². The molecule has 0 spiro atoms. The van der Waals surface area contributed by atoms with Gasteiger partial charge in [0.2, 0.25) is 0 Å². The molecule has 1 saturated heterocycles. The second-order valence-electron chi connectivity index (χ2n) is 7.27. The van der Waals surface area contributed by atoms with Gasteiger partial charge in [0.05, 0.1) is 21.9 Å². The van der Waals surface area contributed by atoms with E-state index in [-0.39, 0.29) is 24.3 Å². The van der Waals surface area contributed by atoms with Crippen LogP contribution in [-0.4, -0.2) is 33.8 Å². The van der Waals surface area contributed by atoms with Gasteiger partial charge in [0.1, 0.15) is 23.7 Å². The minimum absolute atomic E-state index is 0.0972. The molecule has 10 heteroatoms. The molecular weight excluding hydrogens is 555 g/mol. The molecule has 0 saturated carbocycles. The molecule has 1 aromatic heterocycles. The van der Waals surface area contributed by atoms with Crippen molar-refractivity contribution in [2.45, 2.75) is 13.2 Å². The lowest BCUT2D eigenvalue weighted by Gasteiger charge is -2.25. The molecule has 4 amide bonds. The minimum atomic E-state index is -0.995. The fraction of sp³-hybridized carbons (Fsp3) is 0.0833. The van der Waals surface area contributed by atoms with Gasteiger partial charge in [-0.1, -0.05) is 18.2 Å². The SMILES string of the molecule is O=C1NC(=O)N(Cc2ccco2)C(=O)/C1=C/c1ccc(OCc2ccc(C(=O)O)cc2)c(I)c1. The summed E-state index contributed by atoms with van der Waals surface area (Å²) >= 11 is 2.07. The summed E-state index contributed by atoms with van der Waals surface area (Å²) in [5, 5.41) is 11.1. The zero-order chi connectivity index (χ0) is 24.2. The van der Waals surface area contributed by atoms with Crippen LogP contribution in [0.5, 0.6) is 5.75 Å². The Morgan fingerprint density at radius 1 is 1.12 bits per heavy atom. The van der Waals surface area contributed by atoms with Crippen LogP contribution in [0, 0.1) is 3.57 Å². The number of amides is 4. The van der Waals surface area contributed by atoms with E-state index in [0.29, 0.717) is 17.1 Å². The summed E-state index contributed by atoms with van der Waals surface area (Å²) in [7, 11) is 0.